The van der Waals surface area contributed by atoms with Crippen molar-refractivity contribution in [2.75, 3.05) is 33.9 Å². The molecule has 6 nitrogen and oxygen atoms in total. The van der Waals surface area contributed by atoms with Gasteiger partial charge in [0.05, 0.1) is 0 Å². The van der Waals surface area contributed by atoms with Crippen LogP contribution >= 0.6 is 0 Å². The van der Waals surface area contributed by atoms with Gasteiger partial charge in [0.15, 0.2) is 0 Å². The summed E-state index contributed by atoms with van der Waals surface area (Å²) in [5.74, 6) is -0.909. The molecule has 2 unspecified atom stereocenters. The Kier molecular flexibility index (Phi) is 6.08. The van der Waals surface area contributed by atoms with Crippen LogP contribution in [0.1, 0.15) is 26.2 Å². The van der Waals surface area contributed by atoms with E-state index in [1.165, 1.54) is 4.90 Å². The molecule has 1 N–H and O–H groups in total. The fraction of sp³-hybridized carbons (Fsp3) is 0.846. The second-order valence-electron chi connectivity index (χ2n) is 5.15. The zero-order valence-corrected chi connectivity index (χ0v) is 12.0. The quantitative estimate of drug-likeness (QED) is 0.765. The van der Waals surface area contributed by atoms with E-state index in [4.69, 9.17) is 4.74 Å². The highest BCUT2D eigenvalue weighted by atomic mass is 16.5. The zero-order valence-electron chi connectivity index (χ0n) is 12.0. The highest BCUT2D eigenvalue weighted by Gasteiger charge is 2.37. The number of nitrogens with zero attached hydrogens (tertiary/aromatic N) is 2. The first-order valence-corrected chi connectivity index (χ1v) is 6.72. The van der Waals surface area contributed by atoms with E-state index >= 15 is 0 Å². The number of carbonyl (C=O) groups is 2. The number of aliphatic carboxylic acids is 1. The number of amides is 2. The predicted molar refractivity (Wildman–Crippen MR) is 71.0 cm³/mol. The summed E-state index contributed by atoms with van der Waals surface area (Å²) in [6.07, 6.45) is 2.47. The molecule has 2 amide bonds. The van der Waals surface area contributed by atoms with Crippen LogP contribution in [0.4, 0.5) is 4.79 Å². The summed E-state index contributed by atoms with van der Waals surface area (Å²) in [5, 5.41) is 9.29. The van der Waals surface area contributed by atoms with E-state index < -0.39 is 12.0 Å². The summed E-state index contributed by atoms with van der Waals surface area (Å²) >= 11 is 0. The predicted octanol–water partition coefficient (Wildman–Crippen LogP) is 1.26. The fourth-order valence-electron chi connectivity index (χ4n) is 2.54. The van der Waals surface area contributed by atoms with Crippen LogP contribution in [-0.2, 0) is 9.53 Å². The second kappa shape index (κ2) is 7.33. The third-order valence-electron chi connectivity index (χ3n) is 3.60. The summed E-state index contributed by atoms with van der Waals surface area (Å²) in [6.45, 7) is 3.58. The minimum atomic E-state index is -0.911. The molecule has 1 rings (SSSR count). The molecule has 0 radical (unpaired) electrons. The van der Waals surface area contributed by atoms with Gasteiger partial charge in [-0.2, -0.15) is 0 Å². The fourth-order valence-corrected chi connectivity index (χ4v) is 2.54. The normalized spacial score (nSPS) is 23.2. The van der Waals surface area contributed by atoms with Gasteiger partial charge in [-0.05, 0) is 25.2 Å². The highest BCUT2D eigenvalue weighted by Crippen LogP contribution is 2.24. The van der Waals surface area contributed by atoms with E-state index in [9.17, 15) is 14.7 Å². The van der Waals surface area contributed by atoms with Gasteiger partial charge in [0.2, 0.25) is 0 Å². The van der Waals surface area contributed by atoms with Crippen LogP contribution in [-0.4, -0.2) is 66.8 Å². The monoisotopic (exact) mass is 272 g/mol. The maximum absolute atomic E-state index is 12.3. The Morgan fingerprint density at radius 1 is 1.47 bits per heavy atom. The number of piperidine rings is 1. The molecule has 1 heterocycles. The summed E-state index contributed by atoms with van der Waals surface area (Å²) in [5.41, 5.74) is 0. The summed E-state index contributed by atoms with van der Waals surface area (Å²) in [4.78, 5) is 26.7. The Bertz CT molecular complexity index is 322. The number of likely N-dealkylation sites (tertiary alicyclic amines) is 1. The van der Waals surface area contributed by atoms with Crippen molar-refractivity contribution in [1.29, 1.82) is 0 Å². The minimum Gasteiger partial charge on any atom is -0.480 e. The number of ether oxygens (including phenoxy) is 1. The van der Waals surface area contributed by atoms with E-state index in [1.54, 1.807) is 19.1 Å². The number of methoxy groups -OCH3 is 1. The smallest absolute Gasteiger partial charge is 0.326 e. The molecule has 6 heteroatoms. The van der Waals surface area contributed by atoms with E-state index in [0.29, 0.717) is 19.7 Å². The minimum absolute atomic E-state index is 0.00238. The zero-order chi connectivity index (χ0) is 14.4. The first-order chi connectivity index (χ1) is 8.99. The molecule has 1 aliphatic rings. The number of urea groups is 1. The van der Waals surface area contributed by atoms with Gasteiger partial charge in [0.25, 0.3) is 0 Å². The van der Waals surface area contributed by atoms with Crippen molar-refractivity contribution < 1.29 is 19.4 Å². The SMILES string of the molecule is COCCCN(C)C(=O)N1CCCC(C)C1C(=O)O. The molecule has 0 aromatic heterocycles. The lowest BCUT2D eigenvalue weighted by Crippen LogP contribution is -2.55. The van der Waals surface area contributed by atoms with Crippen molar-refractivity contribution in [2.45, 2.75) is 32.2 Å². The third kappa shape index (κ3) is 4.09. The largest absolute Gasteiger partial charge is 0.480 e. The third-order valence-corrected chi connectivity index (χ3v) is 3.60. The van der Waals surface area contributed by atoms with Crippen LogP contribution in [0.25, 0.3) is 0 Å². The Morgan fingerprint density at radius 3 is 2.74 bits per heavy atom. The van der Waals surface area contributed by atoms with Crippen molar-refractivity contribution in [3.8, 4) is 0 Å². The lowest BCUT2D eigenvalue weighted by atomic mass is 9.91. The van der Waals surface area contributed by atoms with Gasteiger partial charge in [0.1, 0.15) is 6.04 Å². The van der Waals surface area contributed by atoms with Crippen LogP contribution in [0.3, 0.4) is 0 Å². The van der Waals surface area contributed by atoms with Crippen LogP contribution in [0.5, 0.6) is 0 Å². The van der Waals surface area contributed by atoms with Gasteiger partial charge >= 0.3 is 12.0 Å². The van der Waals surface area contributed by atoms with Gasteiger partial charge in [-0.25, -0.2) is 9.59 Å². The van der Waals surface area contributed by atoms with Crippen molar-refractivity contribution in [1.82, 2.24) is 9.80 Å². The van der Waals surface area contributed by atoms with E-state index in [-0.39, 0.29) is 11.9 Å². The molecule has 1 fully saturated rings. The maximum atomic E-state index is 12.3. The molecule has 1 aliphatic heterocycles. The van der Waals surface area contributed by atoms with Crippen LogP contribution in [0.15, 0.2) is 0 Å². The highest BCUT2D eigenvalue weighted by molar-refractivity contribution is 5.83. The molecule has 110 valence electrons. The van der Waals surface area contributed by atoms with Crippen LogP contribution < -0.4 is 0 Å². The molecule has 1 saturated heterocycles. The Morgan fingerprint density at radius 2 is 2.16 bits per heavy atom. The van der Waals surface area contributed by atoms with Gasteiger partial charge in [-0.15, -0.1) is 0 Å². The van der Waals surface area contributed by atoms with Crippen molar-refractivity contribution in [2.24, 2.45) is 5.92 Å². The molecule has 0 aliphatic carbocycles. The Hall–Kier alpha value is -1.30. The van der Waals surface area contributed by atoms with Crippen molar-refractivity contribution in [3.63, 3.8) is 0 Å². The summed E-state index contributed by atoms with van der Waals surface area (Å²) in [6, 6.07) is -0.902. The van der Waals surface area contributed by atoms with Gasteiger partial charge in [-0.1, -0.05) is 6.92 Å². The lowest BCUT2D eigenvalue weighted by molar-refractivity contribution is -0.145. The van der Waals surface area contributed by atoms with E-state index in [2.05, 4.69) is 0 Å². The topological polar surface area (TPSA) is 70.1 Å². The number of rotatable bonds is 5. The Labute approximate surface area is 114 Å². The first kappa shape index (κ1) is 15.8. The van der Waals surface area contributed by atoms with E-state index in [0.717, 1.165) is 19.3 Å². The number of carbonyl (C=O) groups excluding carboxylic acids is 1. The molecular weight excluding hydrogens is 248 g/mol. The first-order valence-electron chi connectivity index (χ1n) is 6.72. The van der Waals surface area contributed by atoms with Crippen LogP contribution in [0.2, 0.25) is 0 Å². The average molecular weight is 272 g/mol. The molecule has 0 aromatic carbocycles. The van der Waals surface area contributed by atoms with Crippen molar-refractivity contribution >= 4 is 12.0 Å². The molecule has 0 bridgehead atoms. The van der Waals surface area contributed by atoms with E-state index in [1.807, 2.05) is 6.92 Å². The maximum Gasteiger partial charge on any atom is 0.326 e. The summed E-state index contributed by atoms with van der Waals surface area (Å²) in [7, 11) is 3.32. The molecule has 0 aromatic rings. The van der Waals surface area contributed by atoms with Gasteiger partial charge in [0, 0.05) is 33.9 Å². The molecular formula is C13H24N2O4. The van der Waals surface area contributed by atoms with Crippen molar-refractivity contribution in [3.05, 3.63) is 0 Å². The number of hydrogen-bond acceptors (Lipinski definition) is 3. The molecule has 19 heavy (non-hydrogen) atoms. The van der Waals surface area contributed by atoms with Gasteiger partial charge in [-0.3, -0.25) is 0 Å². The number of carboxylic acids is 1. The number of carboxylic acid groups (broad SMARTS) is 1. The van der Waals surface area contributed by atoms with Gasteiger partial charge < -0.3 is 19.6 Å². The standard InChI is InChI=1S/C13H24N2O4/c1-10-6-4-8-15(11(10)12(16)17)13(18)14(2)7-5-9-19-3/h10-11H,4-9H2,1-3H3,(H,16,17). The molecule has 0 spiro atoms. The summed E-state index contributed by atoms with van der Waals surface area (Å²) < 4.78 is 4.95. The lowest BCUT2D eigenvalue weighted by Gasteiger charge is -2.39. The number of hydrogen-bond donors (Lipinski definition) is 1. The molecule has 0 saturated carbocycles. The molecule has 2 atom stereocenters. The van der Waals surface area contributed by atoms with Crippen LogP contribution in [0, 0.1) is 5.92 Å². The Balaban J connectivity index is 2.64. The second-order valence-corrected chi connectivity index (χ2v) is 5.15. The average Bonchev–Trinajstić information content (AvgIpc) is 2.37.